The lowest BCUT2D eigenvalue weighted by Crippen LogP contribution is -2.25. The van der Waals surface area contributed by atoms with Crippen LogP contribution in [0.5, 0.6) is 0 Å². The molecule has 0 saturated carbocycles. The largest absolute Gasteiger partial charge is 0.238 e. The fourth-order valence-electron chi connectivity index (χ4n) is 2.95. The van der Waals surface area contributed by atoms with E-state index in [0.29, 0.717) is 11.6 Å². The van der Waals surface area contributed by atoms with Gasteiger partial charge in [0, 0.05) is 5.69 Å². The van der Waals surface area contributed by atoms with Gasteiger partial charge in [-0.05, 0) is 36.1 Å². The molecule has 0 unspecified atom stereocenters. The van der Waals surface area contributed by atoms with E-state index in [0.717, 1.165) is 23.4 Å². The Hall–Kier alpha value is -2.44. The van der Waals surface area contributed by atoms with Gasteiger partial charge in [0.25, 0.3) is 0 Å². The highest BCUT2D eigenvalue weighted by Crippen LogP contribution is 2.16. The van der Waals surface area contributed by atoms with Crippen LogP contribution in [0.3, 0.4) is 0 Å². The van der Waals surface area contributed by atoms with Crippen LogP contribution in [0.15, 0.2) is 66.7 Å². The average molecular weight is 384 g/mol. The number of rotatable bonds is 8. The monoisotopic (exact) mass is 383 g/mol. The van der Waals surface area contributed by atoms with E-state index in [1.54, 1.807) is 0 Å². The van der Waals surface area contributed by atoms with Crippen LogP contribution >= 0.6 is 0 Å². The number of sulfonamides is 1. The first kappa shape index (κ1) is 19.3. The van der Waals surface area contributed by atoms with Gasteiger partial charge in [-0.3, -0.25) is 0 Å². The van der Waals surface area contributed by atoms with Crippen molar-refractivity contribution in [3.63, 3.8) is 0 Å². The van der Waals surface area contributed by atoms with Gasteiger partial charge in [0.05, 0.1) is 23.7 Å². The second kappa shape index (κ2) is 8.50. The van der Waals surface area contributed by atoms with Crippen molar-refractivity contribution in [2.45, 2.75) is 32.6 Å². The Morgan fingerprint density at radius 1 is 1.00 bits per heavy atom. The van der Waals surface area contributed by atoms with Gasteiger partial charge < -0.3 is 0 Å². The van der Waals surface area contributed by atoms with Crippen LogP contribution in [0, 0.1) is 5.92 Å². The molecule has 0 radical (unpaired) electrons. The van der Waals surface area contributed by atoms with E-state index >= 15 is 0 Å². The van der Waals surface area contributed by atoms with Crippen molar-refractivity contribution in [3.05, 3.63) is 83.7 Å². The predicted octanol–water partition coefficient (Wildman–Crippen LogP) is 3.69. The van der Waals surface area contributed by atoms with Crippen molar-refractivity contribution in [2.75, 3.05) is 0 Å². The van der Waals surface area contributed by atoms with Crippen LogP contribution in [0.25, 0.3) is 5.69 Å². The third-order valence-electron chi connectivity index (χ3n) is 4.12. The van der Waals surface area contributed by atoms with E-state index in [-0.39, 0.29) is 12.3 Å². The Labute approximate surface area is 161 Å². The maximum absolute atomic E-state index is 12.4. The molecular weight excluding hydrogens is 358 g/mol. The zero-order valence-corrected chi connectivity index (χ0v) is 16.5. The molecule has 0 saturated heterocycles. The summed E-state index contributed by atoms with van der Waals surface area (Å²) in [5.74, 6) is 0.443. The van der Waals surface area contributed by atoms with E-state index in [1.165, 1.54) is 0 Å². The molecule has 6 heteroatoms. The summed E-state index contributed by atoms with van der Waals surface area (Å²) >= 11 is 0. The van der Waals surface area contributed by atoms with Crippen molar-refractivity contribution in [1.29, 1.82) is 0 Å². The second-order valence-corrected chi connectivity index (χ2v) is 8.84. The second-order valence-electron chi connectivity index (χ2n) is 7.04. The fraction of sp³-hybridized carbons (Fsp3) is 0.286. The summed E-state index contributed by atoms with van der Waals surface area (Å²) in [6, 6.07) is 21.1. The number of aromatic nitrogens is 2. The molecule has 0 aliphatic carbocycles. The molecule has 142 valence electrons. The van der Waals surface area contributed by atoms with Gasteiger partial charge in [-0.15, -0.1) is 0 Å². The van der Waals surface area contributed by atoms with Gasteiger partial charge in [-0.25, -0.2) is 17.8 Å². The Balaban J connectivity index is 1.76. The zero-order valence-electron chi connectivity index (χ0n) is 15.7. The maximum Gasteiger partial charge on any atom is 0.216 e. The molecular formula is C21H25N3O2S. The highest BCUT2D eigenvalue weighted by Gasteiger charge is 2.15. The Morgan fingerprint density at radius 3 is 2.26 bits per heavy atom. The minimum Gasteiger partial charge on any atom is -0.238 e. The van der Waals surface area contributed by atoms with Crippen molar-refractivity contribution >= 4 is 10.0 Å². The molecule has 0 spiro atoms. The summed E-state index contributed by atoms with van der Waals surface area (Å²) in [6.45, 7) is 4.50. The third-order valence-corrected chi connectivity index (χ3v) is 5.42. The number of nitrogens with one attached hydrogen (secondary N) is 1. The van der Waals surface area contributed by atoms with Gasteiger partial charge in [0.15, 0.2) is 0 Å². The number of nitrogens with zero attached hydrogens (tertiary/aromatic N) is 2. The topological polar surface area (TPSA) is 64.0 Å². The minimum atomic E-state index is -3.42. The molecule has 1 aromatic heterocycles. The lowest BCUT2D eigenvalue weighted by Gasteiger charge is -2.09. The normalized spacial score (nSPS) is 11.8. The SMILES string of the molecule is CC(C)Cc1cc(CNS(=O)(=O)Cc2ccccc2)nn1-c1ccccc1. The summed E-state index contributed by atoms with van der Waals surface area (Å²) in [4.78, 5) is 0. The van der Waals surface area contributed by atoms with E-state index in [4.69, 9.17) is 0 Å². The highest BCUT2D eigenvalue weighted by atomic mass is 32.2. The number of hydrogen-bond acceptors (Lipinski definition) is 3. The van der Waals surface area contributed by atoms with Gasteiger partial charge in [0.2, 0.25) is 10.0 Å². The smallest absolute Gasteiger partial charge is 0.216 e. The van der Waals surface area contributed by atoms with Gasteiger partial charge in [-0.2, -0.15) is 5.10 Å². The molecule has 27 heavy (non-hydrogen) atoms. The number of benzene rings is 2. The molecule has 5 nitrogen and oxygen atoms in total. The Bertz CT molecular complexity index is 965. The van der Waals surface area contributed by atoms with Crippen molar-refractivity contribution in [3.8, 4) is 5.69 Å². The summed E-state index contributed by atoms with van der Waals surface area (Å²) in [7, 11) is -3.42. The first-order valence-corrected chi connectivity index (χ1v) is 10.7. The number of hydrogen-bond donors (Lipinski definition) is 1. The van der Waals surface area contributed by atoms with Crippen molar-refractivity contribution in [1.82, 2.24) is 14.5 Å². The molecule has 1 heterocycles. The quantitative estimate of drug-likeness (QED) is 0.645. The predicted molar refractivity (Wildman–Crippen MR) is 108 cm³/mol. The lowest BCUT2D eigenvalue weighted by molar-refractivity contribution is 0.579. The molecule has 0 aliphatic rings. The summed E-state index contributed by atoms with van der Waals surface area (Å²) in [5, 5.41) is 4.63. The van der Waals surface area contributed by atoms with Crippen LogP contribution < -0.4 is 4.72 Å². The van der Waals surface area contributed by atoms with Crippen LogP contribution in [-0.2, 0) is 28.7 Å². The van der Waals surface area contributed by atoms with E-state index in [9.17, 15) is 8.42 Å². The number of para-hydroxylation sites is 1. The molecule has 0 aliphatic heterocycles. The van der Waals surface area contributed by atoms with E-state index in [2.05, 4.69) is 23.7 Å². The molecule has 0 fully saturated rings. The molecule has 3 rings (SSSR count). The zero-order chi connectivity index (χ0) is 19.3. The van der Waals surface area contributed by atoms with Crippen LogP contribution in [0.1, 0.15) is 30.8 Å². The first-order chi connectivity index (χ1) is 12.9. The molecule has 1 N–H and O–H groups in total. The molecule has 0 amide bonds. The minimum absolute atomic E-state index is 0.0356. The van der Waals surface area contributed by atoms with Crippen LogP contribution in [-0.4, -0.2) is 18.2 Å². The van der Waals surface area contributed by atoms with Gasteiger partial charge >= 0.3 is 0 Å². The summed E-state index contributed by atoms with van der Waals surface area (Å²) in [5.41, 5.74) is 3.53. The first-order valence-electron chi connectivity index (χ1n) is 9.07. The maximum atomic E-state index is 12.4. The van der Waals surface area contributed by atoms with Crippen LogP contribution in [0.4, 0.5) is 0 Å². The van der Waals surface area contributed by atoms with Gasteiger partial charge in [0.1, 0.15) is 0 Å². The van der Waals surface area contributed by atoms with Gasteiger partial charge in [-0.1, -0.05) is 62.4 Å². The Kier molecular flexibility index (Phi) is 6.08. The lowest BCUT2D eigenvalue weighted by atomic mass is 10.1. The Morgan fingerprint density at radius 2 is 1.63 bits per heavy atom. The molecule has 2 aromatic carbocycles. The fourth-order valence-corrected chi connectivity index (χ4v) is 4.05. The average Bonchev–Trinajstić information content (AvgIpc) is 3.03. The van der Waals surface area contributed by atoms with Crippen LogP contribution in [0.2, 0.25) is 0 Å². The third kappa shape index (κ3) is 5.52. The summed E-state index contributed by atoms with van der Waals surface area (Å²) < 4.78 is 29.3. The van der Waals surface area contributed by atoms with Crippen molar-refractivity contribution in [2.24, 2.45) is 5.92 Å². The van der Waals surface area contributed by atoms with Crippen molar-refractivity contribution < 1.29 is 8.42 Å². The molecule has 3 aromatic rings. The standard InChI is InChI=1S/C21H25N3O2S/c1-17(2)13-21-14-19(23-24(21)20-11-7-4-8-12-20)15-22-27(25,26)16-18-9-5-3-6-10-18/h3-12,14,17,22H,13,15-16H2,1-2H3. The molecule has 0 atom stereocenters. The van der Waals surface area contributed by atoms with E-state index < -0.39 is 10.0 Å². The molecule has 0 bridgehead atoms. The van der Waals surface area contributed by atoms with E-state index in [1.807, 2.05) is 71.4 Å². The summed E-state index contributed by atoms with van der Waals surface area (Å²) in [6.07, 6.45) is 0.874. The highest BCUT2D eigenvalue weighted by molar-refractivity contribution is 7.88.